The maximum Gasteiger partial charge on any atom is 0.276 e. The summed E-state index contributed by atoms with van der Waals surface area (Å²) in [6.45, 7) is 5.34. The molecule has 1 amide bonds. The molecular weight excluding hydrogens is 244 g/mol. The van der Waals surface area contributed by atoms with Crippen LogP contribution in [0, 0.1) is 0 Å². The number of likely N-dealkylation sites (tertiary alicyclic amines) is 1. The SMILES string of the molecule is CC(C)c1[nH]nc(C(=O)N2CC3CCC(C2)O3)c1N. The van der Waals surface area contributed by atoms with Crippen LogP contribution in [0.1, 0.15) is 48.8 Å². The van der Waals surface area contributed by atoms with Gasteiger partial charge in [0.15, 0.2) is 5.69 Å². The number of nitrogen functional groups attached to an aromatic ring is 1. The second-order valence-corrected chi connectivity index (χ2v) is 5.72. The fourth-order valence-electron chi connectivity index (χ4n) is 2.90. The first-order valence-corrected chi connectivity index (χ1v) is 6.84. The van der Waals surface area contributed by atoms with Crippen LogP contribution in [0.15, 0.2) is 0 Å². The summed E-state index contributed by atoms with van der Waals surface area (Å²) >= 11 is 0. The van der Waals surface area contributed by atoms with Gasteiger partial charge in [0, 0.05) is 13.1 Å². The Hall–Kier alpha value is -1.56. The van der Waals surface area contributed by atoms with E-state index in [4.69, 9.17) is 10.5 Å². The lowest BCUT2D eigenvalue weighted by atomic mass is 10.1. The first-order chi connectivity index (χ1) is 9.06. The highest BCUT2D eigenvalue weighted by Gasteiger charge is 2.37. The number of rotatable bonds is 2. The number of H-pyrrole nitrogens is 1. The van der Waals surface area contributed by atoms with Crippen LogP contribution in [-0.4, -0.2) is 46.3 Å². The summed E-state index contributed by atoms with van der Waals surface area (Å²) in [5, 5.41) is 6.98. The highest BCUT2D eigenvalue weighted by molar-refractivity contribution is 5.97. The molecule has 2 saturated heterocycles. The number of nitrogens with zero attached hydrogens (tertiary/aromatic N) is 2. The number of hydrogen-bond donors (Lipinski definition) is 2. The summed E-state index contributed by atoms with van der Waals surface area (Å²) in [4.78, 5) is 14.3. The molecule has 2 fully saturated rings. The smallest absolute Gasteiger partial charge is 0.276 e. The molecule has 6 heteroatoms. The monoisotopic (exact) mass is 264 g/mol. The molecule has 104 valence electrons. The van der Waals surface area contributed by atoms with Crippen molar-refractivity contribution in [3.63, 3.8) is 0 Å². The average molecular weight is 264 g/mol. The Morgan fingerprint density at radius 1 is 1.42 bits per heavy atom. The lowest BCUT2D eigenvalue weighted by Gasteiger charge is -2.31. The quantitative estimate of drug-likeness (QED) is 0.838. The molecule has 0 radical (unpaired) electrons. The molecule has 1 aromatic heterocycles. The van der Waals surface area contributed by atoms with Gasteiger partial charge in [-0.25, -0.2) is 0 Å². The normalized spacial score (nSPS) is 26.2. The third-order valence-corrected chi connectivity index (χ3v) is 3.94. The molecule has 2 bridgehead atoms. The van der Waals surface area contributed by atoms with E-state index in [1.165, 1.54) is 0 Å². The number of carbonyl (C=O) groups is 1. The Labute approximate surface area is 112 Å². The predicted octanol–water partition coefficient (Wildman–Crippen LogP) is 1.12. The molecule has 3 rings (SSSR count). The summed E-state index contributed by atoms with van der Waals surface area (Å²) < 4.78 is 5.73. The molecule has 0 aromatic carbocycles. The molecular formula is C13H20N4O2. The van der Waals surface area contributed by atoms with Gasteiger partial charge in [-0.05, 0) is 18.8 Å². The van der Waals surface area contributed by atoms with Crippen molar-refractivity contribution in [1.82, 2.24) is 15.1 Å². The number of amides is 1. The van der Waals surface area contributed by atoms with E-state index >= 15 is 0 Å². The van der Waals surface area contributed by atoms with Gasteiger partial charge in [-0.2, -0.15) is 5.10 Å². The lowest BCUT2D eigenvalue weighted by molar-refractivity contribution is -0.0305. The van der Waals surface area contributed by atoms with Crippen molar-refractivity contribution in [2.75, 3.05) is 18.8 Å². The van der Waals surface area contributed by atoms with E-state index in [2.05, 4.69) is 10.2 Å². The number of ether oxygens (including phenoxy) is 1. The molecule has 3 heterocycles. The number of aromatic nitrogens is 2. The summed E-state index contributed by atoms with van der Waals surface area (Å²) in [6.07, 6.45) is 2.46. The Morgan fingerprint density at radius 2 is 2.05 bits per heavy atom. The molecule has 1 aromatic rings. The Balaban J connectivity index is 1.80. The van der Waals surface area contributed by atoms with E-state index in [1.807, 2.05) is 18.7 Å². The van der Waals surface area contributed by atoms with Crippen molar-refractivity contribution in [3.8, 4) is 0 Å². The number of fused-ring (bicyclic) bond motifs is 2. The fourth-order valence-corrected chi connectivity index (χ4v) is 2.90. The van der Waals surface area contributed by atoms with Gasteiger partial charge in [0.2, 0.25) is 0 Å². The molecule has 0 spiro atoms. The van der Waals surface area contributed by atoms with E-state index in [9.17, 15) is 4.79 Å². The topological polar surface area (TPSA) is 84.2 Å². The number of hydrogen-bond acceptors (Lipinski definition) is 4. The highest BCUT2D eigenvalue weighted by Crippen LogP contribution is 2.29. The third kappa shape index (κ3) is 2.10. The van der Waals surface area contributed by atoms with Gasteiger partial charge in [0.25, 0.3) is 5.91 Å². The molecule has 3 N–H and O–H groups in total. The van der Waals surface area contributed by atoms with Gasteiger partial charge >= 0.3 is 0 Å². The minimum absolute atomic E-state index is 0.0825. The van der Waals surface area contributed by atoms with Crippen molar-refractivity contribution < 1.29 is 9.53 Å². The molecule has 2 aliphatic heterocycles. The largest absolute Gasteiger partial charge is 0.395 e. The van der Waals surface area contributed by atoms with Crippen LogP contribution < -0.4 is 5.73 Å². The van der Waals surface area contributed by atoms with Crippen molar-refractivity contribution >= 4 is 11.6 Å². The van der Waals surface area contributed by atoms with Crippen molar-refractivity contribution in [2.45, 2.75) is 44.8 Å². The first kappa shape index (κ1) is 12.5. The molecule has 6 nitrogen and oxygen atoms in total. The summed E-state index contributed by atoms with van der Waals surface area (Å²) in [6, 6.07) is 0. The van der Waals surface area contributed by atoms with Crippen molar-refractivity contribution in [3.05, 3.63) is 11.4 Å². The van der Waals surface area contributed by atoms with Crippen LogP contribution in [0.2, 0.25) is 0 Å². The van der Waals surface area contributed by atoms with Crippen LogP contribution >= 0.6 is 0 Å². The van der Waals surface area contributed by atoms with Crippen LogP contribution in [0.5, 0.6) is 0 Å². The zero-order valence-electron chi connectivity index (χ0n) is 11.3. The van der Waals surface area contributed by atoms with Gasteiger partial charge in [-0.15, -0.1) is 0 Å². The van der Waals surface area contributed by atoms with E-state index in [0.717, 1.165) is 18.5 Å². The molecule has 2 unspecified atom stereocenters. The zero-order chi connectivity index (χ0) is 13.6. The van der Waals surface area contributed by atoms with Crippen LogP contribution in [0.25, 0.3) is 0 Å². The van der Waals surface area contributed by atoms with Gasteiger partial charge in [0.1, 0.15) is 0 Å². The maximum atomic E-state index is 12.5. The van der Waals surface area contributed by atoms with Crippen LogP contribution in [0.4, 0.5) is 5.69 Å². The third-order valence-electron chi connectivity index (χ3n) is 3.94. The molecule has 2 atom stereocenters. The lowest BCUT2D eigenvalue weighted by Crippen LogP contribution is -2.46. The van der Waals surface area contributed by atoms with E-state index in [1.54, 1.807) is 0 Å². The molecule has 0 saturated carbocycles. The fraction of sp³-hybridized carbons (Fsp3) is 0.692. The Morgan fingerprint density at radius 3 is 2.58 bits per heavy atom. The Bertz CT molecular complexity index is 485. The molecule has 19 heavy (non-hydrogen) atoms. The van der Waals surface area contributed by atoms with Crippen LogP contribution in [0.3, 0.4) is 0 Å². The number of nitrogens with one attached hydrogen (secondary N) is 1. The van der Waals surface area contributed by atoms with E-state index in [-0.39, 0.29) is 24.0 Å². The second-order valence-electron chi connectivity index (χ2n) is 5.72. The summed E-state index contributed by atoms with van der Waals surface area (Å²) in [7, 11) is 0. The van der Waals surface area contributed by atoms with Crippen LogP contribution in [-0.2, 0) is 4.74 Å². The number of anilines is 1. The minimum atomic E-state index is -0.0825. The summed E-state index contributed by atoms with van der Waals surface area (Å²) in [5.74, 6) is 0.149. The molecule has 0 aliphatic carbocycles. The average Bonchev–Trinajstić information content (AvgIpc) is 2.91. The minimum Gasteiger partial charge on any atom is -0.395 e. The standard InChI is InChI=1S/C13H20N4O2/c1-7(2)11-10(14)12(16-15-11)13(18)17-5-8-3-4-9(6-17)19-8/h7-9H,3-6,14H2,1-2H3,(H,15,16). The van der Waals surface area contributed by atoms with Gasteiger partial charge in [0.05, 0.1) is 23.6 Å². The number of carbonyl (C=O) groups excluding carboxylic acids is 1. The van der Waals surface area contributed by atoms with Crippen molar-refractivity contribution in [1.29, 1.82) is 0 Å². The zero-order valence-corrected chi connectivity index (χ0v) is 11.3. The van der Waals surface area contributed by atoms with E-state index in [0.29, 0.717) is 24.5 Å². The summed E-state index contributed by atoms with van der Waals surface area (Å²) in [5.41, 5.74) is 7.69. The van der Waals surface area contributed by atoms with Crippen molar-refractivity contribution in [2.24, 2.45) is 0 Å². The number of nitrogens with two attached hydrogens (primary N) is 1. The number of aromatic amines is 1. The van der Waals surface area contributed by atoms with Gasteiger partial charge in [-0.3, -0.25) is 9.89 Å². The first-order valence-electron chi connectivity index (χ1n) is 6.84. The molecule has 2 aliphatic rings. The van der Waals surface area contributed by atoms with E-state index < -0.39 is 0 Å². The second kappa shape index (κ2) is 4.52. The van der Waals surface area contributed by atoms with Gasteiger partial charge < -0.3 is 15.4 Å². The predicted molar refractivity (Wildman–Crippen MR) is 70.9 cm³/mol. The maximum absolute atomic E-state index is 12.5. The Kier molecular flexibility index (Phi) is 2.97. The number of morpholine rings is 1. The van der Waals surface area contributed by atoms with Gasteiger partial charge in [-0.1, -0.05) is 13.8 Å². The highest BCUT2D eigenvalue weighted by atomic mass is 16.5.